The molecule has 0 spiro atoms. The van der Waals surface area contributed by atoms with Crippen molar-refractivity contribution in [2.24, 2.45) is 0 Å². The topological polar surface area (TPSA) is 51.3 Å². The van der Waals surface area contributed by atoms with Crippen LogP contribution in [0.4, 0.5) is 0 Å². The van der Waals surface area contributed by atoms with E-state index in [9.17, 15) is 4.79 Å². The largest absolute Gasteiger partial charge is 0.388 e. The van der Waals surface area contributed by atoms with Crippen LogP contribution in [0.1, 0.15) is 25.7 Å². The maximum atomic E-state index is 13.5. The van der Waals surface area contributed by atoms with Gasteiger partial charge in [0.2, 0.25) is 0 Å². The third-order valence-corrected chi connectivity index (χ3v) is 5.35. The molecule has 3 heterocycles. The van der Waals surface area contributed by atoms with Crippen LogP contribution in [0.25, 0.3) is 28.3 Å². The number of aromatic nitrogens is 3. The first-order chi connectivity index (χ1) is 13.8. The van der Waals surface area contributed by atoms with Crippen LogP contribution in [0, 0.1) is 0 Å². The lowest BCUT2D eigenvalue weighted by atomic mass is 10.2. The molecule has 1 saturated heterocycles. The average molecular weight is 451 g/mol. The van der Waals surface area contributed by atoms with Crippen molar-refractivity contribution in [1.29, 1.82) is 0 Å². The molecule has 5 nitrogen and oxygen atoms in total. The molecule has 0 atom stereocenters. The molecule has 1 aliphatic heterocycles. The van der Waals surface area contributed by atoms with Crippen LogP contribution in [0.2, 0.25) is 0 Å². The molecule has 0 radical (unpaired) electrons. The number of nitrogens with zero attached hydrogens (tertiary/aromatic N) is 3. The van der Waals surface area contributed by atoms with E-state index >= 15 is 0 Å². The Morgan fingerprint density at radius 1 is 0.897 bits per heavy atom. The summed E-state index contributed by atoms with van der Waals surface area (Å²) in [6.45, 7) is 0.906. The molecule has 29 heavy (non-hydrogen) atoms. The van der Waals surface area contributed by atoms with Crippen molar-refractivity contribution in [2.75, 3.05) is 6.54 Å². The molecule has 2 aromatic heterocycles. The zero-order valence-corrected chi connectivity index (χ0v) is 17.8. The second-order valence-electron chi connectivity index (χ2n) is 7.20. The summed E-state index contributed by atoms with van der Waals surface area (Å²) < 4.78 is 3.62. The fourth-order valence-corrected chi connectivity index (χ4v) is 3.96. The summed E-state index contributed by atoms with van der Waals surface area (Å²) in [6, 6.07) is 19.9. The molecule has 2 aromatic carbocycles. The lowest BCUT2D eigenvalue weighted by molar-refractivity contribution is 0.721. The molecule has 0 bridgehead atoms. The first kappa shape index (κ1) is 19.5. The van der Waals surface area contributed by atoms with Gasteiger partial charge in [-0.05, 0) is 31.4 Å². The van der Waals surface area contributed by atoms with E-state index in [1.54, 1.807) is 4.68 Å². The molecule has 1 N–H and O–H groups in total. The first-order valence-electron chi connectivity index (χ1n) is 9.85. The number of imidazole rings is 1. The number of halogens is 1. The van der Waals surface area contributed by atoms with E-state index in [1.807, 2.05) is 71.4 Å². The highest BCUT2D eigenvalue weighted by atomic mass is 79.9. The fourth-order valence-electron chi connectivity index (χ4n) is 3.96. The summed E-state index contributed by atoms with van der Waals surface area (Å²) >= 11 is 0. The molecule has 148 valence electrons. The summed E-state index contributed by atoms with van der Waals surface area (Å²) in [6.07, 6.45) is 6.26. The summed E-state index contributed by atoms with van der Waals surface area (Å²) in [7, 11) is 0. The van der Waals surface area contributed by atoms with E-state index in [1.165, 1.54) is 6.42 Å². The predicted octanol–water partition coefficient (Wildman–Crippen LogP) is 3.72. The van der Waals surface area contributed by atoms with Crippen molar-refractivity contribution >= 4 is 28.3 Å². The van der Waals surface area contributed by atoms with E-state index in [0.29, 0.717) is 5.22 Å². The smallest absolute Gasteiger partial charge is 0.283 e. The SMILES string of the molecule is Br.O=c1/c(=C2\CCCCCN2)c2nc(-c3ccccc3)cn2n1-c1ccccc1. The number of benzene rings is 2. The van der Waals surface area contributed by atoms with Crippen LogP contribution in [0.15, 0.2) is 71.7 Å². The van der Waals surface area contributed by atoms with Gasteiger partial charge in [-0.3, -0.25) is 4.79 Å². The van der Waals surface area contributed by atoms with Crippen LogP contribution in [-0.2, 0) is 0 Å². The second-order valence-corrected chi connectivity index (χ2v) is 7.20. The van der Waals surface area contributed by atoms with Crippen LogP contribution in [0.3, 0.4) is 0 Å². The minimum absolute atomic E-state index is 0. The molecule has 0 aliphatic carbocycles. The molecule has 1 fully saturated rings. The van der Waals surface area contributed by atoms with E-state index < -0.39 is 0 Å². The van der Waals surface area contributed by atoms with Gasteiger partial charge < -0.3 is 5.32 Å². The number of nitrogens with one attached hydrogen (secondary N) is 1. The lowest BCUT2D eigenvalue weighted by Crippen LogP contribution is -2.33. The highest BCUT2D eigenvalue weighted by Gasteiger charge is 2.19. The highest BCUT2D eigenvalue weighted by Crippen LogP contribution is 2.19. The zero-order valence-electron chi connectivity index (χ0n) is 16.0. The van der Waals surface area contributed by atoms with Gasteiger partial charge in [-0.25, -0.2) is 14.2 Å². The highest BCUT2D eigenvalue weighted by molar-refractivity contribution is 8.93. The fraction of sp³-hybridized carbons (Fsp3) is 0.217. The summed E-state index contributed by atoms with van der Waals surface area (Å²) in [5.74, 6) is 0. The minimum atomic E-state index is -0.0160. The number of hydrogen-bond donors (Lipinski definition) is 1. The quantitative estimate of drug-likeness (QED) is 0.506. The van der Waals surface area contributed by atoms with Crippen molar-refractivity contribution in [3.8, 4) is 16.9 Å². The maximum Gasteiger partial charge on any atom is 0.283 e. The van der Waals surface area contributed by atoms with Crippen LogP contribution in [0.5, 0.6) is 0 Å². The van der Waals surface area contributed by atoms with Crippen molar-refractivity contribution in [3.63, 3.8) is 0 Å². The predicted molar refractivity (Wildman–Crippen MR) is 122 cm³/mol. The summed E-state index contributed by atoms with van der Waals surface area (Å²) in [5.41, 5.74) is 4.48. The molecule has 5 rings (SSSR count). The Kier molecular flexibility index (Phi) is 5.53. The molecular formula is C23H23BrN4O. The van der Waals surface area contributed by atoms with Gasteiger partial charge >= 0.3 is 0 Å². The number of hydrogen-bond acceptors (Lipinski definition) is 3. The number of rotatable bonds is 2. The molecule has 0 saturated carbocycles. The summed E-state index contributed by atoms with van der Waals surface area (Å²) in [5, 5.41) is 4.20. The van der Waals surface area contributed by atoms with Crippen molar-refractivity contribution < 1.29 is 0 Å². The van der Waals surface area contributed by atoms with Gasteiger partial charge in [0.05, 0.1) is 17.6 Å². The van der Waals surface area contributed by atoms with Crippen LogP contribution < -0.4 is 16.1 Å². The Hall–Kier alpha value is -2.86. The standard InChI is InChI=1S/C23H22N4O.BrH/c28-23-21(19-14-8-3-9-15-24-19)22-25-20(17-10-4-1-5-11-17)16-26(22)27(23)18-12-6-2-7-13-18;/h1-2,4-7,10-13,16,24H,3,8-9,14-15H2;1H/b21-19+;. The molecule has 0 unspecified atom stereocenters. The molecule has 4 aromatic rings. The van der Waals surface area contributed by atoms with E-state index in [4.69, 9.17) is 4.98 Å². The van der Waals surface area contributed by atoms with Crippen molar-refractivity contribution in [3.05, 3.63) is 82.4 Å². The Labute approximate surface area is 179 Å². The van der Waals surface area contributed by atoms with Crippen molar-refractivity contribution in [2.45, 2.75) is 25.7 Å². The minimum Gasteiger partial charge on any atom is -0.388 e. The maximum absolute atomic E-state index is 13.5. The van der Waals surface area contributed by atoms with Gasteiger partial charge in [-0.15, -0.1) is 17.0 Å². The van der Waals surface area contributed by atoms with E-state index in [-0.39, 0.29) is 22.5 Å². The molecule has 1 aliphatic rings. The normalized spacial score (nSPS) is 16.1. The molecule has 0 amide bonds. The monoisotopic (exact) mass is 450 g/mol. The Morgan fingerprint density at radius 2 is 1.62 bits per heavy atom. The Bertz CT molecular complexity index is 1220. The number of fused-ring (bicyclic) bond motifs is 1. The lowest BCUT2D eigenvalue weighted by Gasteiger charge is -2.04. The Morgan fingerprint density at radius 3 is 2.38 bits per heavy atom. The van der Waals surface area contributed by atoms with Gasteiger partial charge in [0.1, 0.15) is 5.22 Å². The first-order valence-corrected chi connectivity index (χ1v) is 9.85. The average Bonchev–Trinajstić information content (AvgIpc) is 3.13. The number of para-hydroxylation sites is 1. The third-order valence-electron chi connectivity index (χ3n) is 5.35. The van der Waals surface area contributed by atoms with Gasteiger partial charge in [-0.1, -0.05) is 55.0 Å². The van der Waals surface area contributed by atoms with Gasteiger partial charge in [-0.2, -0.15) is 0 Å². The van der Waals surface area contributed by atoms with Gasteiger partial charge in [0, 0.05) is 17.8 Å². The molecular weight excluding hydrogens is 428 g/mol. The van der Waals surface area contributed by atoms with E-state index in [0.717, 1.165) is 54.1 Å². The van der Waals surface area contributed by atoms with Crippen LogP contribution in [-0.4, -0.2) is 20.7 Å². The zero-order chi connectivity index (χ0) is 18.9. The molecule has 6 heteroatoms. The third kappa shape index (κ3) is 3.49. The van der Waals surface area contributed by atoms with Crippen LogP contribution >= 0.6 is 17.0 Å². The van der Waals surface area contributed by atoms with Crippen molar-refractivity contribution in [1.82, 2.24) is 19.5 Å². The van der Waals surface area contributed by atoms with Gasteiger partial charge in [0.15, 0.2) is 5.65 Å². The Balaban J connectivity index is 0.00000205. The van der Waals surface area contributed by atoms with E-state index in [2.05, 4.69) is 5.32 Å². The summed E-state index contributed by atoms with van der Waals surface area (Å²) in [4.78, 5) is 18.3. The second kappa shape index (κ2) is 8.25. The van der Waals surface area contributed by atoms with Gasteiger partial charge in [0.25, 0.3) is 5.56 Å².